The van der Waals surface area contributed by atoms with Gasteiger partial charge in [-0.2, -0.15) is 5.10 Å². The molecule has 5 nitrogen and oxygen atoms in total. The summed E-state index contributed by atoms with van der Waals surface area (Å²) in [5.74, 6) is 1.30. The lowest BCUT2D eigenvalue weighted by atomic mass is 10.2. The van der Waals surface area contributed by atoms with Gasteiger partial charge in [0.05, 0.1) is 12.8 Å². The zero-order valence-electron chi connectivity index (χ0n) is 16.5. The fourth-order valence-electron chi connectivity index (χ4n) is 2.63. The number of ether oxygens (including phenoxy) is 2. The molecule has 0 atom stereocenters. The molecule has 0 bridgehead atoms. The van der Waals surface area contributed by atoms with Gasteiger partial charge in [-0.3, -0.25) is 5.43 Å². The molecule has 0 unspecified atom stereocenters. The minimum atomic E-state index is 0.398. The Hall–Kier alpha value is -3.09. The van der Waals surface area contributed by atoms with E-state index in [-0.39, 0.29) is 0 Å². The molecule has 3 rings (SSSR count). The maximum absolute atomic E-state index is 6.03. The van der Waals surface area contributed by atoms with Gasteiger partial charge in [-0.15, -0.1) is 0 Å². The summed E-state index contributed by atoms with van der Waals surface area (Å²) in [6.07, 6.45) is 1.67. The highest BCUT2D eigenvalue weighted by molar-refractivity contribution is 7.80. The van der Waals surface area contributed by atoms with E-state index in [1.807, 2.05) is 79.7 Å². The minimum Gasteiger partial charge on any atom is -0.490 e. The molecule has 3 aromatic rings. The molecule has 0 aliphatic rings. The van der Waals surface area contributed by atoms with Crippen molar-refractivity contribution in [2.45, 2.75) is 13.5 Å². The van der Waals surface area contributed by atoms with Crippen molar-refractivity contribution < 1.29 is 9.47 Å². The summed E-state index contributed by atoms with van der Waals surface area (Å²) in [4.78, 5) is 0. The lowest BCUT2D eigenvalue weighted by Crippen LogP contribution is -2.23. The first-order valence-corrected chi connectivity index (χ1v) is 10.2. The van der Waals surface area contributed by atoms with Crippen LogP contribution in [0, 0.1) is 0 Å². The van der Waals surface area contributed by atoms with Gasteiger partial charge < -0.3 is 14.8 Å². The number of thiocarbonyl (C=S) groups is 1. The van der Waals surface area contributed by atoms with Gasteiger partial charge in [0.25, 0.3) is 0 Å². The van der Waals surface area contributed by atoms with Crippen molar-refractivity contribution >= 4 is 40.8 Å². The molecule has 7 heteroatoms. The highest BCUT2D eigenvalue weighted by atomic mass is 35.5. The second-order valence-corrected chi connectivity index (χ2v) is 7.09. The third kappa shape index (κ3) is 6.76. The highest BCUT2D eigenvalue weighted by Crippen LogP contribution is 2.29. The zero-order chi connectivity index (χ0) is 21.2. The molecular formula is C23H22ClN3O2S. The molecule has 0 aliphatic heterocycles. The summed E-state index contributed by atoms with van der Waals surface area (Å²) in [6.45, 7) is 2.85. The first-order chi connectivity index (χ1) is 14.6. The van der Waals surface area contributed by atoms with Crippen molar-refractivity contribution in [2.24, 2.45) is 5.10 Å². The van der Waals surface area contributed by atoms with Crippen molar-refractivity contribution in [3.05, 3.63) is 88.9 Å². The summed E-state index contributed by atoms with van der Waals surface area (Å²) < 4.78 is 11.6. The Morgan fingerprint density at radius 1 is 1.00 bits per heavy atom. The largest absolute Gasteiger partial charge is 0.490 e. The quantitative estimate of drug-likeness (QED) is 0.270. The fourth-order valence-corrected chi connectivity index (χ4v) is 3.01. The van der Waals surface area contributed by atoms with Crippen LogP contribution in [0.3, 0.4) is 0 Å². The number of hydrogen-bond acceptors (Lipinski definition) is 4. The lowest BCUT2D eigenvalue weighted by molar-refractivity contribution is 0.269. The van der Waals surface area contributed by atoms with E-state index in [4.69, 9.17) is 33.3 Å². The molecule has 0 aliphatic carbocycles. The number of para-hydroxylation sites is 1. The molecule has 0 heterocycles. The van der Waals surface area contributed by atoms with Gasteiger partial charge in [0.1, 0.15) is 6.61 Å². The van der Waals surface area contributed by atoms with Crippen molar-refractivity contribution in [3.63, 3.8) is 0 Å². The monoisotopic (exact) mass is 439 g/mol. The number of nitrogens with zero attached hydrogens (tertiary/aromatic N) is 1. The molecule has 154 valence electrons. The van der Waals surface area contributed by atoms with E-state index >= 15 is 0 Å². The van der Waals surface area contributed by atoms with E-state index in [0.717, 1.165) is 16.8 Å². The van der Waals surface area contributed by atoms with E-state index < -0.39 is 0 Å². The predicted octanol–water partition coefficient (Wildman–Crippen LogP) is 5.64. The van der Waals surface area contributed by atoms with Crippen LogP contribution in [-0.4, -0.2) is 17.9 Å². The number of benzene rings is 3. The van der Waals surface area contributed by atoms with Gasteiger partial charge in [-0.1, -0.05) is 41.9 Å². The Bertz CT molecular complexity index is 1010. The van der Waals surface area contributed by atoms with Gasteiger partial charge in [0.15, 0.2) is 16.6 Å². The smallest absolute Gasteiger partial charge is 0.191 e. The van der Waals surface area contributed by atoms with Crippen molar-refractivity contribution in [1.82, 2.24) is 5.43 Å². The molecule has 3 aromatic carbocycles. The fraction of sp³-hybridized carbons (Fsp3) is 0.130. The Balaban J connectivity index is 1.60. The van der Waals surface area contributed by atoms with Crippen LogP contribution >= 0.6 is 23.8 Å². The summed E-state index contributed by atoms with van der Waals surface area (Å²) >= 11 is 11.3. The third-order valence-electron chi connectivity index (χ3n) is 3.96. The Morgan fingerprint density at radius 2 is 1.83 bits per heavy atom. The first-order valence-electron chi connectivity index (χ1n) is 9.43. The SMILES string of the molecule is CCOc1cc(/C=N\NC(=S)Nc2ccccc2)ccc1OCc1cccc(Cl)c1. The molecule has 30 heavy (non-hydrogen) atoms. The Morgan fingerprint density at radius 3 is 2.60 bits per heavy atom. The van der Waals surface area contributed by atoms with Gasteiger partial charge in [-0.05, 0) is 72.7 Å². The van der Waals surface area contributed by atoms with Crippen LogP contribution in [0.2, 0.25) is 5.02 Å². The summed E-state index contributed by atoms with van der Waals surface area (Å²) in [6, 6.07) is 22.8. The van der Waals surface area contributed by atoms with Crippen molar-refractivity contribution in [1.29, 1.82) is 0 Å². The van der Waals surface area contributed by atoms with E-state index in [1.165, 1.54) is 0 Å². The molecule has 0 radical (unpaired) electrons. The Labute approximate surface area is 186 Å². The standard InChI is InChI=1S/C23H22ClN3O2S/c1-2-28-22-14-17(15-25-27-23(30)26-20-9-4-3-5-10-20)11-12-21(22)29-16-18-7-6-8-19(24)13-18/h3-15H,2,16H2,1H3,(H2,26,27,30)/b25-15-. The molecule has 0 saturated heterocycles. The summed E-state index contributed by atoms with van der Waals surface area (Å²) in [5, 5.41) is 8.33. The molecule has 0 saturated carbocycles. The zero-order valence-corrected chi connectivity index (χ0v) is 18.0. The average molecular weight is 440 g/mol. The van der Waals surface area contributed by atoms with Gasteiger partial charge in [0.2, 0.25) is 0 Å². The van der Waals surface area contributed by atoms with Crippen LogP contribution in [-0.2, 0) is 6.61 Å². The number of hydrazone groups is 1. The summed E-state index contributed by atoms with van der Waals surface area (Å²) in [7, 11) is 0. The number of rotatable bonds is 8. The van der Waals surface area contributed by atoms with E-state index in [1.54, 1.807) is 6.21 Å². The second-order valence-electron chi connectivity index (χ2n) is 6.25. The van der Waals surface area contributed by atoms with Crippen molar-refractivity contribution in [2.75, 3.05) is 11.9 Å². The maximum Gasteiger partial charge on any atom is 0.191 e. The normalized spacial score (nSPS) is 10.6. The van der Waals surface area contributed by atoms with Crippen LogP contribution in [0.15, 0.2) is 77.9 Å². The van der Waals surface area contributed by atoms with Crippen LogP contribution in [0.4, 0.5) is 5.69 Å². The highest BCUT2D eigenvalue weighted by Gasteiger charge is 2.07. The van der Waals surface area contributed by atoms with Crippen LogP contribution < -0.4 is 20.2 Å². The topological polar surface area (TPSA) is 54.9 Å². The van der Waals surface area contributed by atoms with E-state index in [0.29, 0.717) is 34.8 Å². The molecular weight excluding hydrogens is 418 g/mol. The number of nitrogens with one attached hydrogen (secondary N) is 2. The number of halogens is 1. The molecule has 0 spiro atoms. The second kappa shape index (κ2) is 11.2. The van der Waals surface area contributed by atoms with Gasteiger partial charge in [-0.25, -0.2) is 0 Å². The summed E-state index contributed by atoms with van der Waals surface area (Å²) in [5.41, 5.74) is 5.53. The predicted molar refractivity (Wildman–Crippen MR) is 127 cm³/mol. The van der Waals surface area contributed by atoms with Gasteiger partial charge >= 0.3 is 0 Å². The number of hydrogen-bond donors (Lipinski definition) is 2. The molecule has 0 aromatic heterocycles. The lowest BCUT2D eigenvalue weighted by Gasteiger charge is -2.13. The average Bonchev–Trinajstić information content (AvgIpc) is 2.74. The number of anilines is 1. The maximum atomic E-state index is 6.03. The first kappa shape index (κ1) is 21.6. The van der Waals surface area contributed by atoms with Crippen LogP contribution in [0.5, 0.6) is 11.5 Å². The minimum absolute atomic E-state index is 0.398. The van der Waals surface area contributed by atoms with Crippen molar-refractivity contribution in [3.8, 4) is 11.5 Å². The van der Waals surface area contributed by atoms with Crippen LogP contribution in [0.25, 0.3) is 0 Å². The van der Waals surface area contributed by atoms with Gasteiger partial charge in [0, 0.05) is 10.7 Å². The third-order valence-corrected chi connectivity index (χ3v) is 4.39. The van der Waals surface area contributed by atoms with E-state index in [9.17, 15) is 0 Å². The Kier molecular flexibility index (Phi) is 8.06. The molecule has 0 amide bonds. The molecule has 2 N–H and O–H groups in total. The van der Waals surface area contributed by atoms with E-state index in [2.05, 4.69) is 15.8 Å². The molecule has 0 fully saturated rings. The van der Waals surface area contributed by atoms with Crippen LogP contribution in [0.1, 0.15) is 18.1 Å².